The molecule has 0 bridgehead atoms. The van der Waals surface area contributed by atoms with Crippen molar-refractivity contribution in [1.29, 1.82) is 0 Å². The van der Waals surface area contributed by atoms with E-state index in [1.165, 1.54) is 0 Å². The first-order valence-electron chi connectivity index (χ1n) is 5.73. The van der Waals surface area contributed by atoms with Crippen molar-refractivity contribution >= 4 is 0 Å². The predicted molar refractivity (Wildman–Crippen MR) is 67.0 cm³/mol. The molecule has 17 heavy (non-hydrogen) atoms. The molecule has 0 atom stereocenters. The van der Waals surface area contributed by atoms with Crippen molar-refractivity contribution in [2.24, 2.45) is 5.73 Å². The third kappa shape index (κ3) is 2.47. The molecule has 4 nitrogen and oxygen atoms in total. The zero-order valence-corrected chi connectivity index (χ0v) is 10.2. The minimum Gasteiger partial charge on any atom is -0.425 e. The summed E-state index contributed by atoms with van der Waals surface area (Å²) >= 11 is 0. The lowest BCUT2D eigenvalue weighted by Crippen LogP contribution is -2.00. The van der Waals surface area contributed by atoms with E-state index in [2.05, 4.69) is 11.9 Å². The van der Waals surface area contributed by atoms with E-state index >= 15 is 0 Å². The highest BCUT2D eigenvalue weighted by Crippen LogP contribution is 2.24. The molecular formula is C13H17N3O. The highest BCUT2D eigenvalue weighted by atomic mass is 16.5. The Morgan fingerprint density at radius 1 is 1.41 bits per heavy atom. The third-order valence-corrected chi connectivity index (χ3v) is 2.71. The van der Waals surface area contributed by atoms with Gasteiger partial charge in [-0.05, 0) is 31.0 Å². The van der Waals surface area contributed by atoms with Crippen LogP contribution in [-0.2, 0) is 13.1 Å². The Bertz CT molecular complexity index is 505. The highest BCUT2D eigenvalue weighted by Gasteiger charge is 2.07. The number of ether oxygens (including phenoxy) is 1. The van der Waals surface area contributed by atoms with Crippen molar-refractivity contribution in [2.45, 2.75) is 26.9 Å². The average molecular weight is 231 g/mol. The van der Waals surface area contributed by atoms with E-state index in [9.17, 15) is 0 Å². The van der Waals surface area contributed by atoms with Gasteiger partial charge in [0.2, 0.25) is 0 Å². The summed E-state index contributed by atoms with van der Waals surface area (Å²) in [5.41, 5.74) is 7.75. The second kappa shape index (κ2) is 5.01. The number of aryl methyl sites for hydroxylation is 2. The van der Waals surface area contributed by atoms with Gasteiger partial charge in [0.25, 0.3) is 0 Å². The summed E-state index contributed by atoms with van der Waals surface area (Å²) in [6.07, 6.45) is 3.64. The zero-order chi connectivity index (χ0) is 12.3. The Morgan fingerprint density at radius 2 is 2.24 bits per heavy atom. The number of benzene rings is 1. The predicted octanol–water partition coefficient (Wildman–Crippen LogP) is 2.46. The van der Waals surface area contributed by atoms with E-state index in [1.807, 2.05) is 35.9 Å². The summed E-state index contributed by atoms with van der Waals surface area (Å²) in [5.74, 6) is 0.814. The fourth-order valence-corrected chi connectivity index (χ4v) is 1.62. The van der Waals surface area contributed by atoms with Crippen molar-refractivity contribution < 1.29 is 4.74 Å². The lowest BCUT2D eigenvalue weighted by Gasteiger charge is -2.10. The number of rotatable bonds is 4. The Morgan fingerprint density at radius 3 is 2.94 bits per heavy atom. The molecule has 1 aromatic carbocycles. The highest BCUT2D eigenvalue weighted by molar-refractivity contribution is 5.38. The first-order valence-corrected chi connectivity index (χ1v) is 5.73. The topological polar surface area (TPSA) is 53.1 Å². The minimum absolute atomic E-state index is 0.513. The second-order valence-electron chi connectivity index (χ2n) is 3.90. The first kappa shape index (κ1) is 11.7. The van der Waals surface area contributed by atoms with E-state index in [1.54, 1.807) is 6.20 Å². The summed E-state index contributed by atoms with van der Waals surface area (Å²) < 4.78 is 7.76. The van der Waals surface area contributed by atoms with Gasteiger partial charge in [-0.25, -0.2) is 4.98 Å². The van der Waals surface area contributed by atoms with Gasteiger partial charge in [0.15, 0.2) is 0 Å². The summed E-state index contributed by atoms with van der Waals surface area (Å²) in [6.45, 7) is 5.41. The molecule has 0 saturated heterocycles. The zero-order valence-electron chi connectivity index (χ0n) is 10.2. The molecule has 2 N–H and O–H groups in total. The number of nitrogens with zero attached hydrogens (tertiary/aromatic N) is 2. The van der Waals surface area contributed by atoms with Crippen LogP contribution < -0.4 is 10.5 Å². The molecule has 0 spiro atoms. The van der Waals surface area contributed by atoms with Gasteiger partial charge in [-0.1, -0.05) is 12.1 Å². The fourth-order valence-electron chi connectivity index (χ4n) is 1.62. The van der Waals surface area contributed by atoms with E-state index in [0.717, 1.165) is 23.4 Å². The summed E-state index contributed by atoms with van der Waals surface area (Å²) in [7, 11) is 0. The van der Waals surface area contributed by atoms with Crippen LogP contribution in [0.3, 0.4) is 0 Å². The monoisotopic (exact) mass is 231 g/mol. The smallest absolute Gasteiger partial charge is 0.301 e. The van der Waals surface area contributed by atoms with E-state index < -0.39 is 0 Å². The Labute approximate surface area is 101 Å². The summed E-state index contributed by atoms with van der Waals surface area (Å²) in [4.78, 5) is 4.19. The normalized spacial score (nSPS) is 10.5. The van der Waals surface area contributed by atoms with Crippen LogP contribution in [0.25, 0.3) is 0 Å². The first-order chi connectivity index (χ1) is 8.24. The number of nitrogens with two attached hydrogens (primary N) is 1. The van der Waals surface area contributed by atoms with Crippen LogP contribution in [0.15, 0.2) is 30.6 Å². The van der Waals surface area contributed by atoms with Crippen LogP contribution in [0, 0.1) is 6.92 Å². The molecule has 0 aliphatic rings. The van der Waals surface area contributed by atoms with Gasteiger partial charge in [-0.2, -0.15) is 0 Å². The molecular weight excluding hydrogens is 214 g/mol. The number of imidazole rings is 1. The number of hydrogen-bond acceptors (Lipinski definition) is 3. The molecule has 1 aromatic heterocycles. The standard InChI is InChI=1S/C13H17N3O/c1-3-16-7-6-15-13(16)17-12-8-11(9-14)5-4-10(12)2/h4-8H,3,9,14H2,1-2H3. The van der Waals surface area contributed by atoms with Gasteiger partial charge < -0.3 is 15.0 Å². The van der Waals surface area contributed by atoms with Crippen LogP contribution in [0.4, 0.5) is 0 Å². The van der Waals surface area contributed by atoms with Gasteiger partial charge in [-0.3, -0.25) is 0 Å². The Kier molecular flexibility index (Phi) is 3.44. The third-order valence-electron chi connectivity index (χ3n) is 2.71. The molecule has 2 rings (SSSR count). The van der Waals surface area contributed by atoms with Crippen LogP contribution in [0.1, 0.15) is 18.1 Å². The second-order valence-corrected chi connectivity index (χ2v) is 3.90. The van der Waals surface area contributed by atoms with Gasteiger partial charge in [0, 0.05) is 25.5 Å². The quantitative estimate of drug-likeness (QED) is 0.879. The lowest BCUT2D eigenvalue weighted by molar-refractivity contribution is 0.412. The van der Waals surface area contributed by atoms with Crippen LogP contribution in [0.5, 0.6) is 11.8 Å². The van der Waals surface area contributed by atoms with Crippen molar-refractivity contribution in [3.63, 3.8) is 0 Å². The maximum atomic E-state index is 5.81. The molecule has 2 aromatic rings. The van der Waals surface area contributed by atoms with Crippen LogP contribution in [0.2, 0.25) is 0 Å². The van der Waals surface area contributed by atoms with Crippen LogP contribution in [-0.4, -0.2) is 9.55 Å². The van der Waals surface area contributed by atoms with Gasteiger partial charge in [0.1, 0.15) is 5.75 Å². The van der Waals surface area contributed by atoms with E-state index in [-0.39, 0.29) is 0 Å². The molecule has 0 aliphatic heterocycles. The summed E-state index contributed by atoms with van der Waals surface area (Å²) in [5, 5.41) is 0. The van der Waals surface area contributed by atoms with Crippen molar-refractivity contribution in [3.8, 4) is 11.8 Å². The maximum absolute atomic E-state index is 5.81. The van der Waals surface area contributed by atoms with Crippen molar-refractivity contribution in [2.75, 3.05) is 0 Å². The van der Waals surface area contributed by atoms with Gasteiger partial charge in [-0.15, -0.1) is 0 Å². The molecule has 90 valence electrons. The molecule has 0 fully saturated rings. The molecule has 1 heterocycles. The Hall–Kier alpha value is -1.81. The Balaban J connectivity index is 2.29. The molecule has 4 heteroatoms. The number of hydrogen-bond donors (Lipinski definition) is 1. The van der Waals surface area contributed by atoms with Gasteiger partial charge >= 0.3 is 6.01 Å². The minimum atomic E-state index is 0.513. The van der Waals surface area contributed by atoms with E-state index in [4.69, 9.17) is 10.5 Å². The largest absolute Gasteiger partial charge is 0.425 e. The van der Waals surface area contributed by atoms with Crippen LogP contribution >= 0.6 is 0 Å². The maximum Gasteiger partial charge on any atom is 0.301 e. The molecule has 0 saturated carbocycles. The van der Waals surface area contributed by atoms with Crippen molar-refractivity contribution in [3.05, 3.63) is 41.7 Å². The van der Waals surface area contributed by atoms with Crippen molar-refractivity contribution in [1.82, 2.24) is 9.55 Å². The molecule has 0 amide bonds. The average Bonchev–Trinajstić information content (AvgIpc) is 2.79. The lowest BCUT2D eigenvalue weighted by atomic mass is 10.1. The fraction of sp³-hybridized carbons (Fsp3) is 0.308. The van der Waals surface area contributed by atoms with Gasteiger partial charge in [0.05, 0.1) is 0 Å². The summed E-state index contributed by atoms with van der Waals surface area (Å²) in [6, 6.07) is 6.60. The SMILES string of the molecule is CCn1ccnc1Oc1cc(CN)ccc1C. The van der Waals surface area contributed by atoms with E-state index in [0.29, 0.717) is 12.6 Å². The number of aromatic nitrogens is 2. The molecule has 0 aliphatic carbocycles. The molecule has 0 unspecified atom stereocenters. The molecule has 0 radical (unpaired) electrons.